The van der Waals surface area contributed by atoms with E-state index in [9.17, 15) is 0 Å². The second-order valence-corrected chi connectivity index (χ2v) is 6.05. The zero-order valence-electron chi connectivity index (χ0n) is 12.3. The van der Waals surface area contributed by atoms with Crippen LogP contribution in [0.5, 0.6) is 5.75 Å². The third kappa shape index (κ3) is 4.32. The van der Waals surface area contributed by atoms with Crippen LogP contribution in [0.3, 0.4) is 0 Å². The standard InChI is InChI=1S/C16H22N2OS/c1-4-19-14-7-5-13(6-8-14)15-11-20-16(18-15)10-17-9-12(2)3/h5-8,11-12,17H,4,9-10H2,1-3H3. The molecule has 4 heteroatoms. The highest BCUT2D eigenvalue weighted by atomic mass is 32.1. The second kappa shape index (κ2) is 7.41. The molecule has 2 aromatic rings. The third-order valence-corrected chi connectivity index (χ3v) is 3.69. The van der Waals surface area contributed by atoms with Crippen LogP contribution in [0.2, 0.25) is 0 Å². The maximum absolute atomic E-state index is 5.45. The number of aromatic nitrogens is 1. The monoisotopic (exact) mass is 290 g/mol. The summed E-state index contributed by atoms with van der Waals surface area (Å²) in [6, 6.07) is 8.11. The van der Waals surface area contributed by atoms with E-state index in [-0.39, 0.29) is 0 Å². The predicted molar refractivity (Wildman–Crippen MR) is 85.3 cm³/mol. The normalized spacial score (nSPS) is 11.0. The molecule has 0 saturated heterocycles. The predicted octanol–water partition coefficient (Wildman–Crippen LogP) is 3.95. The van der Waals surface area contributed by atoms with Gasteiger partial charge in [-0.1, -0.05) is 13.8 Å². The minimum atomic E-state index is 0.667. The fraction of sp³-hybridized carbons (Fsp3) is 0.438. The van der Waals surface area contributed by atoms with Gasteiger partial charge in [0.05, 0.1) is 12.3 Å². The van der Waals surface area contributed by atoms with Crippen molar-refractivity contribution in [1.29, 1.82) is 0 Å². The van der Waals surface area contributed by atoms with Crippen LogP contribution in [-0.2, 0) is 6.54 Å². The molecule has 0 spiro atoms. The Kier molecular flexibility index (Phi) is 5.56. The summed E-state index contributed by atoms with van der Waals surface area (Å²) in [6.45, 7) is 8.98. The Balaban J connectivity index is 1.97. The summed E-state index contributed by atoms with van der Waals surface area (Å²) in [4.78, 5) is 4.67. The number of hydrogen-bond donors (Lipinski definition) is 1. The molecule has 1 aromatic carbocycles. The van der Waals surface area contributed by atoms with E-state index in [0.717, 1.165) is 35.1 Å². The summed E-state index contributed by atoms with van der Waals surface area (Å²) in [5.74, 6) is 1.57. The molecule has 0 saturated carbocycles. The van der Waals surface area contributed by atoms with E-state index < -0.39 is 0 Å². The van der Waals surface area contributed by atoms with E-state index in [0.29, 0.717) is 12.5 Å². The molecule has 3 nitrogen and oxygen atoms in total. The Bertz CT molecular complexity index is 520. The number of nitrogens with one attached hydrogen (secondary N) is 1. The van der Waals surface area contributed by atoms with Crippen molar-refractivity contribution >= 4 is 11.3 Å². The van der Waals surface area contributed by atoms with Gasteiger partial charge in [0.2, 0.25) is 0 Å². The Morgan fingerprint density at radius 2 is 2.00 bits per heavy atom. The number of nitrogens with zero attached hydrogens (tertiary/aromatic N) is 1. The fourth-order valence-electron chi connectivity index (χ4n) is 1.88. The number of ether oxygens (including phenoxy) is 1. The molecule has 0 amide bonds. The lowest BCUT2D eigenvalue weighted by molar-refractivity contribution is 0.340. The molecule has 2 rings (SSSR count). The van der Waals surface area contributed by atoms with Crippen molar-refractivity contribution in [3.8, 4) is 17.0 Å². The van der Waals surface area contributed by atoms with Crippen LogP contribution in [0.15, 0.2) is 29.6 Å². The number of benzene rings is 1. The number of hydrogen-bond acceptors (Lipinski definition) is 4. The Hall–Kier alpha value is -1.39. The molecule has 1 N–H and O–H groups in total. The Labute approximate surface area is 125 Å². The maximum Gasteiger partial charge on any atom is 0.119 e. The molecule has 0 fully saturated rings. The van der Waals surface area contributed by atoms with E-state index in [2.05, 4.69) is 41.7 Å². The van der Waals surface area contributed by atoms with E-state index in [1.54, 1.807) is 11.3 Å². The zero-order valence-corrected chi connectivity index (χ0v) is 13.2. The van der Waals surface area contributed by atoms with Gasteiger partial charge in [0.15, 0.2) is 0 Å². The molecule has 0 aliphatic rings. The van der Waals surface area contributed by atoms with Crippen molar-refractivity contribution in [2.75, 3.05) is 13.2 Å². The topological polar surface area (TPSA) is 34.1 Å². The van der Waals surface area contributed by atoms with Crippen LogP contribution in [0.1, 0.15) is 25.8 Å². The van der Waals surface area contributed by atoms with Crippen LogP contribution in [0.25, 0.3) is 11.3 Å². The van der Waals surface area contributed by atoms with Crippen LogP contribution in [-0.4, -0.2) is 18.1 Å². The average Bonchev–Trinajstić information content (AvgIpc) is 2.88. The average molecular weight is 290 g/mol. The molecular weight excluding hydrogens is 268 g/mol. The first-order valence-electron chi connectivity index (χ1n) is 7.07. The van der Waals surface area contributed by atoms with Gasteiger partial charge < -0.3 is 10.1 Å². The molecule has 0 bridgehead atoms. The molecule has 108 valence electrons. The van der Waals surface area contributed by atoms with Gasteiger partial charge in [0.25, 0.3) is 0 Å². The van der Waals surface area contributed by atoms with Gasteiger partial charge in [0, 0.05) is 17.5 Å². The van der Waals surface area contributed by atoms with Crippen molar-refractivity contribution in [3.05, 3.63) is 34.7 Å². The van der Waals surface area contributed by atoms with Crippen LogP contribution >= 0.6 is 11.3 Å². The molecule has 1 aromatic heterocycles. The molecule has 1 heterocycles. The van der Waals surface area contributed by atoms with Gasteiger partial charge in [-0.25, -0.2) is 4.98 Å². The summed E-state index contributed by atoms with van der Waals surface area (Å²) in [7, 11) is 0. The quantitative estimate of drug-likeness (QED) is 0.838. The summed E-state index contributed by atoms with van der Waals surface area (Å²) < 4.78 is 5.45. The Morgan fingerprint density at radius 1 is 1.25 bits per heavy atom. The highest BCUT2D eigenvalue weighted by Gasteiger charge is 2.05. The highest BCUT2D eigenvalue weighted by molar-refractivity contribution is 7.09. The minimum Gasteiger partial charge on any atom is -0.494 e. The van der Waals surface area contributed by atoms with Crippen LogP contribution < -0.4 is 10.1 Å². The Morgan fingerprint density at radius 3 is 2.65 bits per heavy atom. The molecular formula is C16H22N2OS. The molecule has 0 atom stereocenters. The van der Waals surface area contributed by atoms with E-state index in [4.69, 9.17) is 4.74 Å². The lowest BCUT2D eigenvalue weighted by Crippen LogP contribution is -2.18. The largest absolute Gasteiger partial charge is 0.494 e. The first kappa shape index (κ1) is 15.0. The van der Waals surface area contributed by atoms with Gasteiger partial charge in [-0.2, -0.15) is 0 Å². The fourth-order valence-corrected chi connectivity index (χ4v) is 2.65. The summed E-state index contributed by atoms with van der Waals surface area (Å²) >= 11 is 1.71. The van der Waals surface area contributed by atoms with Crippen LogP contribution in [0.4, 0.5) is 0 Å². The van der Waals surface area contributed by atoms with Crippen LogP contribution in [0, 0.1) is 5.92 Å². The first-order chi connectivity index (χ1) is 9.69. The summed E-state index contributed by atoms with van der Waals surface area (Å²) in [5.41, 5.74) is 2.18. The highest BCUT2D eigenvalue weighted by Crippen LogP contribution is 2.24. The lowest BCUT2D eigenvalue weighted by Gasteiger charge is -2.05. The molecule has 0 aliphatic heterocycles. The van der Waals surface area contributed by atoms with E-state index in [1.807, 2.05) is 19.1 Å². The van der Waals surface area contributed by atoms with E-state index in [1.165, 1.54) is 0 Å². The first-order valence-corrected chi connectivity index (χ1v) is 7.95. The van der Waals surface area contributed by atoms with Gasteiger partial charge >= 0.3 is 0 Å². The lowest BCUT2D eigenvalue weighted by atomic mass is 10.2. The van der Waals surface area contributed by atoms with Crippen molar-refractivity contribution in [2.24, 2.45) is 5.92 Å². The molecule has 0 unspecified atom stereocenters. The smallest absolute Gasteiger partial charge is 0.119 e. The number of rotatable bonds is 7. The van der Waals surface area contributed by atoms with Gasteiger partial charge in [0.1, 0.15) is 10.8 Å². The maximum atomic E-state index is 5.45. The van der Waals surface area contributed by atoms with Crippen molar-refractivity contribution in [3.63, 3.8) is 0 Å². The van der Waals surface area contributed by atoms with Gasteiger partial charge in [-0.3, -0.25) is 0 Å². The third-order valence-electron chi connectivity index (χ3n) is 2.84. The molecule has 0 radical (unpaired) electrons. The van der Waals surface area contributed by atoms with Gasteiger partial charge in [-0.05, 0) is 43.7 Å². The summed E-state index contributed by atoms with van der Waals surface area (Å²) in [5, 5.41) is 6.67. The minimum absolute atomic E-state index is 0.667. The number of thiazole rings is 1. The van der Waals surface area contributed by atoms with Crippen molar-refractivity contribution in [2.45, 2.75) is 27.3 Å². The summed E-state index contributed by atoms with van der Waals surface area (Å²) in [6.07, 6.45) is 0. The van der Waals surface area contributed by atoms with Crippen molar-refractivity contribution in [1.82, 2.24) is 10.3 Å². The van der Waals surface area contributed by atoms with Gasteiger partial charge in [-0.15, -0.1) is 11.3 Å². The molecule has 20 heavy (non-hydrogen) atoms. The molecule has 0 aliphatic carbocycles. The van der Waals surface area contributed by atoms with E-state index >= 15 is 0 Å². The zero-order chi connectivity index (χ0) is 14.4. The second-order valence-electron chi connectivity index (χ2n) is 5.11. The SMILES string of the molecule is CCOc1ccc(-c2csc(CNCC(C)C)n2)cc1. The van der Waals surface area contributed by atoms with Crippen molar-refractivity contribution < 1.29 is 4.74 Å².